The van der Waals surface area contributed by atoms with Crippen LogP contribution >= 0.6 is 0 Å². The van der Waals surface area contributed by atoms with E-state index >= 15 is 0 Å². The summed E-state index contributed by atoms with van der Waals surface area (Å²) in [5, 5.41) is 23.9. The zero-order chi connectivity index (χ0) is 62.0. The lowest BCUT2D eigenvalue weighted by atomic mass is 9.96. The average Bonchev–Trinajstić information content (AvgIpc) is 1.93. The van der Waals surface area contributed by atoms with Crippen LogP contribution in [0.5, 0.6) is 0 Å². The van der Waals surface area contributed by atoms with Gasteiger partial charge in [0.25, 0.3) is 0 Å². The lowest BCUT2D eigenvalue weighted by Gasteiger charge is -2.19. The van der Waals surface area contributed by atoms with E-state index in [4.69, 9.17) is 0 Å². The van der Waals surface area contributed by atoms with Crippen molar-refractivity contribution in [3.05, 3.63) is 237 Å². The molecule has 0 aliphatic heterocycles. The van der Waals surface area contributed by atoms with Crippen molar-refractivity contribution in [2.75, 3.05) is 0 Å². The molecule has 0 aliphatic rings. The summed E-state index contributed by atoms with van der Waals surface area (Å²) < 4.78 is 176. The third-order valence-corrected chi connectivity index (χ3v) is 15.7. The van der Waals surface area contributed by atoms with Crippen LogP contribution in [-0.4, -0.2) is 9.13 Å². The summed E-state index contributed by atoms with van der Waals surface area (Å²) in [4.78, 5) is 0. The zero-order valence-corrected chi connectivity index (χ0v) is 46.6. The molecule has 16 heteroatoms. The van der Waals surface area contributed by atoms with Crippen LogP contribution in [0, 0.1) is 57.3 Å². The number of rotatable bonds is 7. The summed E-state index contributed by atoms with van der Waals surface area (Å²) in [7, 11) is 0. The van der Waals surface area contributed by atoms with Crippen molar-refractivity contribution in [1.82, 2.24) is 9.13 Å². The van der Waals surface area contributed by atoms with Gasteiger partial charge in [0.15, 0.2) is 0 Å². The molecule has 0 bridgehead atoms. The molecule has 432 valence electrons. The highest BCUT2D eigenvalue weighted by Crippen LogP contribution is 2.46. The SMILES string of the molecule is Cc1cc(C)cc(-c2ccc3c(c2)c2cc(-c4cc(C)cc(C(F)(F)F)c4)ccc2n3-c2cc(-c3cc(C)cc(C#N)c3)cc(-n3c4ccc(-c5cc(C)cc(C(F)(F)F)c5)cc4c4cc(-c5cc(C(F)(F)F)cc(C(F)(F)F)c5)ccc43)c2C#N)c1. The second-order valence-corrected chi connectivity index (χ2v) is 22.1. The van der Waals surface area contributed by atoms with E-state index in [9.17, 15) is 63.2 Å². The average molecular weight is 1180 g/mol. The van der Waals surface area contributed by atoms with Gasteiger partial charge in [-0.2, -0.15) is 63.2 Å². The van der Waals surface area contributed by atoms with Gasteiger partial charge in [-0.1, -0.05) is 71.8 Å². The second kappa shape index (κ2) is 20.6. The number of halogens is 12. The minimum Gasteiger partial charge on any atom is -0.308 e. The van der Waals surface area contributed by atoms with Crippen LogP contribution in [0.4, 0.5) is 52.7 Å². The molecular formula is C71H44F12N4. The van der Waals surface area contributed by atoms with Gasteiger partial charge in [0.1, 0.15) is 11.6 Å². The van der Waals surface area contributed by atoms with E-state index < -0.39 is 52.5 Å². The van der Waals surface area contributed by atoms with E-state index in [2.05, 4.69) is 12.1 Å². The number of benzene rings is 10. The van der Waals surface area contributed by atoms with Gasteiger partial charge in [0.2, 0.25) is 0 Å². The summed E-state index contributed by atoms with van der Waals surface area (Å²) in [6, 6.07) is 48.1. The van der Waals surface area contributed by atoms with Gasteiger partial charge in [0, 0.05) is 21.5 Å². The standard InChI is InChI=1S/C71H44F12N4/c1-37-14-38(2)17-47(16-37)43-6-10-62-57(28-43)58-29-44(49-19-40(4)21-53(24-49)68(72,73)74)7-11-63(58)86(62)66-32-52(48-18-39(3)15-42(23-48)35-84)33-67(61(66)36-85)87-64-12-8-45(50-20-41(5)22-54(25-50)69(75,76)77)30-59(64)60-31-46(9-13-65(60)87)51-26-55(70(78,79)80)34-56(27-51)71(81,82)83/h6-34H,1-5H3. The number of aryl methyl sites for hydroxylation is 5. The molecule has 0 fully saturated rings. The molecule has 0 saturated carbocycles. The molecule has 0 aliphatic carbocycles. The van der Waals surface area contributed by atoms with Crippen LogP contribution in [0.3, 0.4) is 0 Å². The van der Waals surface area contributed by atoms with E-state index in [1.54, 1.807) is 91.2 Å². The van der Waals surface area contributed by atoms with Crippen LogP contribution in [0.15, 0.2) is 176 Å². The Bertz CT molecular complexity index is 4900. The number of alkyl halides is 12. The Kier molecular flexibility index (Phi) is 13.6. The third-order valence-electron chi connectivity index (χ3n) is 15.7. The highest BCUT2D eigenvalue weighted by molar-refractivity contribution is 6.14. The molecule has 10 aromatic carbocycles. The van der Waals surface area contributed by atoms with Crippen molar-refractivity contribution in [1.29, 1.82) is 10.5 Å². The van der Waals surface area contributed by atoms with Crippen LogP contribution in [0.2, 0.25) is 0 Å². The maximum atomic E-state index is 14.4. The monoisotopic (exact) mass is 1180 g/mol. The molecular weight excluding hydrogens is 1140 g/mol. The predicted molar refractivity (Wildman–Crippen MR) is 315 cm³/mol. The topological polar surface area (TPSA) is 57.4 Å². The van der Waals surface area contributed by atoms with Gasteiger partial charge < -0.3 is 9.13 Å². The van der Waals surface area contributed by atoms with Gasteiger partial charge in [-0.05, 0) is 222 Å². The Morgan fingerprint density at radius 1 is 0.276 bits per heavy atom. The predicted octanol–water partition coefficient (Wildman–Crippen LogP) is 21.6. The van der Waals surface area contributed by atoms with Gasteiger partial charge >= 0.3 is 24.7 Å². The lowest BCUT2D eigenvalue weighted by molar-refractivity contribution is -0.143. The molecule has 0 N–H and O–H groups in total. The molecule has 0 atom stereocenters. The number of aromatic nitrogens is 2. The zero-order valence-electron chi connectivity index (χ0n) is 46.6. The maximum absolute atomic E-state index is 14.4. The van der Waals surface area contributed by atoms with Crippen LogP contribution < -0.4 is 0 Å². The van der Waals surface area contributed by atoms with Crippen LogP contribution in [0.1, 0.15) is 61.2 Å². The number of nitriles is 2. The molecule has 0 spiro atoms. The fraction of sp³-hybridized carbons (Fsp3) is 0.127. The smallest absolute Gasteiger partial charge is 0.308 e. The number of hydrogen-bond acceptors (Lipinski definition) is 2. The molecule has 2 heterocycles. The fourth-order valence-corrected chi connectivity index (χ4v) is 12.0. The molecule has 0 saturated heterocycles. The van der Waals surface area contributed by atoms with Crippen LogP contribution in [0.25, 0.3) is 111 Å². The first-order chi connectivity index (χ1) is 41.0. The van der Waals surface area contributed by atoms with Crippen molar-refractivity contribution < 1.29 is 52.7 Å². The normalized spacial score (nSPS) is 12.4. The van der Waals surface area contributed by atoms with Crippen molar-refractivity contribution in [2.45, 2.75) is 59.3 Å². The molecule has 87 heavy (non-hydrogen) atoms. The summed E-state index contributed by atoms with van der Waals surface area (Å²) in [5.74, 6) is 0. The summed E-state index contributed by atoms with van der Waals surface area (Å²) in [5.41, 5.74) is 4.50. The van der Waals surface area contributed by atoms with E-state index in [0.29, 0.717) is 83.8 Å². The quantitative estimate of drug-likeness (QED) is 0.149. The molecule has 12 aromatic rings. The Morgan fingerprint density at radius 3 is 0.874 bits per heavy atom. The van der Waals surface area contributed by atoms with E-state index in [1.165, 1.54) is 25.1 Å². The first-order valence-electron chi connectivity index (χ1n) is 27.1. The van der Waals surface area contributed by atoms with Gasteiger partial charge in [-0.25, -0.2) is 0 Å². The fourth-order valence-electron chi connectivity index (χ4n) is 12.0. The summed E-state index contributed by atoms with van der Waals surface area (Å²) in [6.07, 6.45) is -19.7. The molecule has 4 nitrogen and oxygen atoms in total. The largest absolute Gasteiger partial charge is 0.416 e. The Morgan fingerprint density at radius 2 is 0.552 bits per heavy atom. The number of nitrogens with zero attached hydrogens (tertiary/aromatic N) is 4. The highest BCUT2D eigenvalue weighted by atomic mass is 19.4. The van der Waals surface area contributed by atoms with Gasteiger partial charge in [0.05, 0.1) is 67.3 Å². The van der Waals surface area contributed by atoms with Crippen LogP contribution in [-0.2, 0) is 24.7 Å². The molecule has 12 rings (SSSR count). The van der Waals surface area contributed by atoms with E-state index in [-0.39, 0.29) is 56.2 Å². The van der Waals surface area contributed by atoms with Gasteiger partial charge in [-0.15, -0.1) is 0 Å². The summed E-state index contributed by atoms with van der Waals surface area (Å²) in [6.45, 7) is 8.83. The maximum Gasteiger partial charge on any atom is 0.416 e. The Hall–Kier alpha value is -10.1. The number of fused-ring (bicyclic) bond motifs is 6. The summed E-state index contributed by atoms with van der Waals surface area (Å²) >= 11 is 0. The molecule has 2 aromatic heterocycles. The second-order valence-electron chi connectivity index (χ2n) is 22.1. The third kappa shape index (κ3) is 10.6. The molecule has 0 unspecified atom stereocenters. The van der Waals surface area contributed by atoms with Crippen molar-refractivity contribution in [3.8, 4) is 79.1 Å². The van der Waals surface area contributed by atoms with E-state index in [0.717, 1.165) is 46.5 Å². The van der Waals surface area contributed by atoms with Gasteiger partial charge in [-0.3, -0.25) is 0 Å². The van der Waals surface area contributed by atoms with Crippen molar-refractivity contribution in [2.24, 2.45) is 0 Å². The highest BCUT2D eigenvalue weighted by Gasteiger charge is 2.38. The molecule has 0 radical (unpaired) electrons. The van der Waals surface area contributed by atoms with Crippen molar-refractivity contribution >= 4 is 43.6 Å². The first kappa shape index (κ1) is 57.4. The number of hydrogen-bond donors (Lipinski definition) is 0. The molecule has 0 amide bonds. The Balaban J connectivity index is 1.19. The van der Waals surface area contributed by atoms with E-state index in [1.807, 2.05) is 60.9 Å². The first-order valence-corrected chi connectivity index (χ1v) is 27.1. The minimum absolute atomic E-state index is 0.0240. The minimum atomic E-state index is -5.18. The van der Waals surface area contributed by atoms with Crippen molar-refractivity contribution in [3.63, 3.8) is 0 Å². The lowest BCUT2D eigenvalue weighted by Crippen LogP contribution is -2.11. The Labute approximate surface area is 489 Å².